The molecule has 2 atom stereocenters. The van der Waals surface area contributed by atoms with Gasteiger partial charge in [-0.05, 0) is 44.4 Å². The van der Waals surface area contributed by atoms with Crippen LogP contribution in [-0.4, -0.2) is 29.9 Å². The van der Waals surface area contributed by atoms with Crippen molar-refractivity contribution in [3.8, 4) is 0 Å². The number of benzene rings is 1. The number of piperidine rings is 1. The lowest BCUT2D eigenvalue weighted by molar-refractivity contribution is 0.0562. The van der Waals surface area contributed by atoms with Gasteiger partial charge in [0, 0.05) is 12.6 Å². The molecule has 5 heteroatoms. The van der Waals surface area contributed by atoms with Crippen LogP contribution in [0.1, 0.15) is 30.1 Å². The first-order valence-electron chi connectivity index (χ1n) is 6.49. The van der Waals surface area contributed by atoms with Crippen molar-refractivity contribution in [2.75, 3.05) is 13.1 Å². The second-order valence-electron chi connectivity index (χ2n) is 5.09. The van der Waals surface area contributed by atoms with E-state index in [0.717, 1.165) is 12.8 Å². The number of halogens is 2. The Balaban J connectivity index is 2.24. The zero-order valence-corrected chi connectivity index (χ0v) is 11.7. The maximum absolute atomic E-state index is 13.9. The van der Waals surface area contributed by atoms with Gasteiger partial charge in [0.2, 0.25) is 0 Å². The molecule has 3 nitrogen and oxygen atoms in total. The monoisotopic (exact) mass is 284 g/mol. The molecule has 2 unspecified atom stereocenters. The SMILES string of the molecule is CC1CCC(CN)CN1C(=O)c1cccc(Cl)c1F. The molecule has 2 rings (SSSR count). The molecule has 0 bridgehead atoms. The number of likely N-dealkylation sites (tertiary alicyclic amines) is 1. The van der Waals surface area contributed by atoms with Gasteiger partial charge < -0.3 is 10.6 Å². The van der Waals surface area contributed by atoms with Gasteiger partial charge in [-0.15, -0.1) is 0 Å². The lowest BCUT2D eigenvalue weighted by atomic mass is 9.93. The number of amides is 1. The standard InChI is InChI=1S/C14H18ClFN2O/c1-9-5-6-10(7-17)8-18(9)14(19)11-3-2-4-12(15)13(11)16/h2-4,9-10H,5-8,17H2,1H3. The molecule has 1 aliphatic rings. The molecule has 1 aromatic carbocycles. The summed E-state index contributed by atoms with van der Waals surface area (Å²) in [4.78, 5) is 14.1. The Bertz CT molecular complexity index is 481. The summed E-state index contributed by atoms with van der Waals surface area (Å²) < 4.78 is 13.9. The van der Waals surface area contributed by atoms with Gasteiger partial charge in [-0.25, -0.2) is 4.39 Å². The van der Waals surface area contributed by atoms with Crippen LogP contribution in [0.15, 0.2) is 18.2 Å². The average molecular weight is 285 g/mol. The van der Waals surface area contributed by atoms with E-state index in [2.05, 4.69) is 0 Å². The van der Waals surface area contributed by atoms with Crippen LogP contribution >= 0.6 is 11.6 Å². The van der Waals surface area contributed by atoms with E-state index in [1.54, 1.807) is 11.0 Å². The van der Waals surface area contributed by atoms with Gasteiger partial charge >= 0.3 is 0 Å². The Hall–Kier alpha value is -1.13. The normalized spacial score (nSPS) is 23.5. The maximum atomic E-state index is 13.9. The molecule has 104 valence electrons. The highest BCUT2D eigenvalue weighted by molar-refractivity contribution is 6.31. The van der Waals surface area contributed by atoms with Gasteiger partial charge in [-0.1, -0.05) is 17.7 Å². The van der Waals surface area contributed by atoms with Crippen molar-refractivity contribution in [2.45, 2.75) is 25.8 Å². The van der Waals surface area contributed by atoms with E-state index in [9.17, 15) is 9.18 Å². The second kappa shape index (κ2) is 5.88. The lowest BCUT2D eigenvalue weighted by Gasteiger charge is -2.37. The van der Waals surface area contributed by atoms with Crippen LogP contribution in [0.2, 0.25) is 5.02 Å². The van der Waals surface area contributed by atoms with Crippen molar-refractivity contribution in [1.29, 1.82) is 0 Å². The minimum atomic E-state index is -0.642. The fourth-order valence-electron chi connectivity index (χ4n) is 2.48. The summed E-state index contributed by atoms with van der Waals surface area (Å²) in [6.45, 7) is 3.12. The third-order valence-corrected chi connectivity index (χ3v) is 4.05. The summed E-state index contributed by atoms with van der Waals surface area (Å²) in [6.07, 6.45) is 1.91. The predicted molar refractivity (Wildman–Crippen MR) is 73.7 cm³/mol. The highest BCUT2D eigenvalue weighted by Gasteiger charge is 2.30. The molecule has 0 aromatic heterocycles. The van der Waals surface area contributed by atoms with Crippen molar-refractivity contribution < 1.29 is 9.18 Å². The highest BCUT2D eigenvalue weighted by Crippen LogP contribution is 2.25. The number of carbonyl (C=O) groups is 1. The van der Waals surface area contributed by atoms with Crippen LogP contribution in [0.3, 0.4) is 0 Å². The Morgan fingerprint density at radius 3 is 2.95 bits per heavy atom. The molecule has 1 saturated heterocycles. The molecule has 0 aliphatic carbocycles. The van der Waals surface area contributed by atoms with E-state index in [-0.39, 0.29) is 22.5 Å². The molecule has 0 radical (unpaired) electrons. The zero-order chi connectivity index (χ0) is 14.0. The van der Waals surface area contributed by atoms with E-state index in [1.807, 2.05) is 6.92 Å². The van der Waals surface area contributed by atoms with E-state index >= 15 is 0 Å². The van der Waals surface area contributed by atoms with Gasteiger partial charge in [0.05, 0.1) is 10.6 Å². The van der Waals surface area contributed by atoms with Crippen molar-refractivity contribution >= 4 is 17.5 Å². The van der Waals surface area contributed by atoms with E-state index in [1.165, 1.54) is 12.1 Å². The van der Waals surface area contributed by atoms with Crippen LogP contribution < -0.4 is 5.73 Å². The summed E-state index contributed by atoms with van der Waals surface area (Å²) >= 11 is 5.72. The number of hydrogen-bond donors (Lipinski definition) is 1. The number of hydrogen-bond acceptors (Lipinski definition) is 2. The molecule has 0 spiro atoms. The van der Waals surface area contributed by atoms with Gasteiger partial charge in [0.1, 0.15) is 0 Å². The fraction of sp³-hybridized carbons (Fsp3) is 0.500. The molecule has 1 fully saturated rings. The van der Waals surface area contributed by atoms with Gasteiger partial charge in [-0.2, -0.15) is 0 Å². The smallest absolute Gasteiger partial charge is 0.257 e. The van der Waals surface area contributed by atoms with Crippen LogP contribution in [0.5, 0.6) is 0 Å². The molecule has 19 heavy (non-hydrogen) atoms. The number of rotatable bonds is 2. The van der Waals surface area contributed by atoms with Crippen LogP contribution in [-0.2, 0) is 0 Å². The van der Waals surface area contributed by atoms with Crippen molar-refractivity contribution in [3.05, 3.63) is 34.6 Å². The molecule has 1 amide bonds. The first-order valence-corrected chi connectivity index (χ1v) is 6.87. The van der Waals surface area contributed by atoms with Gasteiger partial charge in [-0.3, -0.25) is 4.79 Å². The van der Waals surface area contributed by atoms with Crippen molar-refractivity contribution in [2.24, 2.45) is 11.7 Å². The molecule has 1 heterocycles. The molecule has 0 saturated carbocycles. The molecule has 1 aliphatic heterocycles. The van der Waals surface area contributed by atoms with E-state index in [0.29, 0.717) is 19.0 Å². The summed E-state index contributed by atoms with van der Waals surface area (Å²) in [5, 5.41) is -0.0223. The number of nitrogens with zero attached hydrogens (tertiary/aromatic N) is 1. The van der Waals surface area contributed by atoms with Crippen molar-refractivity contribution in [1.82, 2.24) is 4.90 Å². The Morgan fingerprint density at radius 1 is 1.53 bits per heavy atom. The minimum Gasteiger partial charge on any atom is -0.336 e. The number of carbonyl (C=O) groups excluding carboxylic acids is 1. The maximum Gasteiger partial charge on any atom is 0.257 e. The third-order valence-electron chi connectivity index (χ3n) is 3.76. The Morgan fingerprint density at radius 2 is 2.26 bits per heavy atom. The minimum absolute atomic E-state index is 0.0223. The average Bonchev–Trinajstić information content (AvgIpc) is 2.42. The Labute approximate surface area is 117 Å². The number of nitrogens with two attached hydrogens (primary N) is 1. The van der Waals surface area contributed by atoms with Crippen molar-refractivity contribution in [3.63, 3.8) is 0 Å². The third kappa shape index (κ3) is 2.90. The summed E-state index contributed by atoms with van der Waals surface area (Å²) in [6, 6.07) is 4.61. The lowest BCUT2D eigenvalue weighted by Crippen LogP contribution is -2.47. The second-order valence-corrected chi connectivity index (χ2v) is 5.49. The molecule has 2 N–H and O–H groups in total. The summed E-state index contributed by atoms with van der Waals surface area (Å²) in [7, 11) is 0. The summed E-state index contributed by atoms with van der Waals surface area (Å²) in [5.41, 5.74) is 5.71. The summed E-state index contributed by atoms with van der Waals surface area (Å²) in [5.74, 6) is -0.649. The molecule has 1 aromatic rings. The van der Waals surface area contributed by atoms with Crippen LogP contribution in [0.4, 0.5) is 4.39 Å². The van der Waals surface area contributed by atoms with Gasteiger partial charge in [0.15, 0.2) is 5.82 Å². The highest BCUT2D eigenvalue weighted by atomic mass is 35.5. The molecular weight excluding hydrogens is 267 g/mol. The topological polar surface area (TPSA) is 46.3 Å². The molecular formula is C14H18ClFN2O. The zero-order valence-electron chi connectivity index (χ0n) is 10.9. The fourth-order valence-corrected chi connectivity index (χ4v) is 2.66. The predicted octanol–water partition coefficient (Wildman–Crippen LogP) is 2.68. The largest absolute Gasteiger partial charge is 0.336 e. The van der Waals surface area contributed by atoms with Gasteiger partial charge in [0.25, 0.3) is 5.91 Å². The Kier molecular flexibility index (Phi) is 4.42. The van der Waals surface area contributed by atoms with E-state index < -0.39 is 5.82 Å². The first kappa shape index (κ1) is 14.3. The van der Waals surface area contributed by atoms with Crippen LogP contribution in [0.25, 0.3) is 0 Å². The first-order chi connectivity index (χ1) is 9.04. The van der Waals surface area contributed by atoms with E-state index in [4.69, 9.17) is 17.3 Å². The van der Waals surface area contributed by atoms with Crippen LogP contribution in [0, 0.1) is 11.7 Å². The quantitative estimate of drug-likeness (QED) is 0.907.